The lowest BCUT2D eigenvalue weighted by Gasteiger charge is -2.40. The summed E-state index contributed by atoms with van der Waals surface area (Å²) in [6, 6.07) is 2.16. The van der Waals surface area contributed by atoms with E-state index < -0.39 is 0 Å². The van der Waals surface area contributed by atoms with Crippen LogP contribution in [0.1, 0.15) is 49.8 Å². The van der Waals surface area contributed by atoms with Gasteiger partial charge in [0.15, 0.2) is 0 Å². The number of carbonyl (C=O) groups excluding carboxylic acids is 1. The van der Waals surface area contributed by atoms with Crippen molar-refractivity contribution in [2.24, 2.45) is 5.92 Å². The Hall–Kier alpha value is -1.50. The predicted molar refractivity (Wildman–Crippen MR) is 103 cm³/mol. The van der Waals surface area contributed by atoms with Gasteiger partial charge in [-0.1, -0.05) is 25.7 Å². The van der Waals surface area contributed by atoms with Crippen LogP contribution < -0.4 is 10.9 Å². The highest BCUT2D eigenvalue weighted by atomic mass is 32.2. The quantitative estimate of drug-likeness (QED) is 0.823. The average molecular weight is 377 g/mol. The minimum Gasteiger partial charge on any atom is -0.335 e. The zero-order valence-electron chi connectivity index (χ0n) is 15.3. The Bertz CT molecular complexity index is 706. The minimum atomic E-state index is -0.00685. The molecule has 0 radical (unpaired) electrons. The Morgan fingerprint density at radius 3 is 2.77 bits per heavy atom. The van der Waals surface area contributed by atoms with Crippen molar-refractivity contribution in [1.29, 1.82) is 0 Å². The van der Waals surface area contributed by atoms with Crippen LogP contribution in [0.2, 0.25) is 0 Å². The van der Waals surface area contributed by atoms with Gasteiger partial charge in [-0.3, -0.25) is 4.79 Å². The van der Waals surface area contributed by atoms with Crippen molar-refractivity contribution in [3.63, 3.8) is 0 Å². The van der Waals surface area contributed by atoms with Gasteiger partial charge in [-0.15, -0.1) is 0 Å². The van der Waals surface area contributed by atoms with Crippen LogP contribution in [0.5, 0.6) is 0 Å². The highest BCUT2D eigenvalue weighted by Gasteiger charge is 2.32. The molecule has 4 rings (SSSR count). The molecule has 0 unspecified atom stereocenters. The monoisotopic (exact) mass is 376 g/mol. The number of carbonyl (C=O) groups is 1. The van der Waals surface area contributed by atoms with Crippen molar-refractivity contribution in [2.45, 2.75) is 63.3 Å². The Morgan fingerprint density at radius 2 is 2.00 bits per heavy atom. The van der Waals surface area contributed by atoms with Crippen molar-refractivity contribution in [2.75, 3.05) is 18.8 Å². The van der Waals surface area contributed by atoms with Crippen LogP contribution in [-0.2, 0) is 18.7 Å². The molecule has 3 heterocycles. The molecule has 26 heavy (non-hydrogen) atoms. The topological polar surface area (TPSA) is 67.2 Å². The van der Waals surface area contributed by atoms with E-state index in [0.29, 0.717) is 18.5 Å². The van der Waals surface area contributed by atoms with E-state index in [1.165, 1.54) is 25.7 Å². The average Bonchev–Trinajstić information content (AvgIpc) is 2.86. The SMILES string of the molecule is O=C(NC1CCCCCC1)N1CC(Cn2nc3c(cc2=O)CSCC3)C1. The zero-order chi connectivity index (χ0) is 17.9. The molecule has 1 aliphatic carbocycles. The van der Waals surface area contributed by atoms with Crippen LogP contribution >= 0.6 is 11.8 Å². The van der Waals surface area contributed by atoms with E-state index in [1.807, 2.05) is 16.7 Å². The van der Waals surface area contributed by atoms with Crippen LogP contribution in [0.25, 0.3) is 0 Å². The third-order valence-corrected chi connectivity index (χ3v) is 6.77. The van der Waals surface area contributed by atoms with Gasteiger partial charge in [0.25, 0.3) is 5.56 Å². The van der Waals surface area contributed by atoms with Gasteiger partial charge >= 0.3 is 6.03 Å². The zero-order valence-corrected chi connectivity index (χ0v) is 16.1. The van der Waals surface area contributed by atoms with Gasteiger partial charge in [-0.05, 0) is 24.2 Å². The Kier molecular flexibility index (Phi) is 5.52. The lowest BCUT2D eigenvalue weighted by atomic mass is 10.0. The number of nitrogens with zero attached hydrogens (tertiary/aromatic N) is 3. The molecule has 1 saturated heterocycles. The second-order valence-corrected chi connectivity index (χ2v) is 8.95. The third kappa shape index (κ3) is 4.08. The molecule has 0 spiro atoms. The number of urea groups is 1. The number of thioether (sulfide) groups is 1. The van der Waals surface area contributed by atoms with Crippen molar-refractivity contribution in [3.8, 4) is 0 Å². The van der Waals surface area contributed by atoms with Crippen molar-refractivity contribution in [1.82, 2.24) is 20.0 Å². The molecule has 2 amide bonds. The smallest absolute Gasteiger partial charge is 0.317 e. The molecular formula is C19H28N4O2S. The van der Waals surface area contributed by atoms with Gasteiger partial charge in [0.05, 0.1) is 12.2 Å². The van der Waals surface area contributed by atoms with Crippen LogP contribution in [0.3, 0.4) is 0 Å². The molecule has 142 valence electrons. The summed E-state index contributed by atoms with van der Waals surface area (Å²) in [5, 5.41) is 7.78. The van der Waals surface area contributed by atoms with Crippen LogP contribution in [-0.4, -0.2) is 45.6 Å². The van der Waals surface area contributed by atoms with Crippen LogP contribution in [0.4, 0.5) is 4.79 Å². The number of likely N-dealkylation sites (tertiary alicyclic amines) is 1. The summed E-state index contributed by atoms with van der Waals surface area (Å²) >= 11 is 1.86. The highest BCUT2D eigenvalue weighted by Crippen LogP contribution is 2.23. The molecule has 0 atom stereocenters. The fourth-order valence-electron chi connectivity index (χ4n) is 4.17. The molecule has 0 bridgehead atoms. The Balaban J connectivity index is 1.28. The summed E-state index contributed by atoms with van der Waals surface area (Å²) in [5.74, 6) is 2.31. The number of amides is 2. The van der Waals surface area contributed by atoms with Crippen molar-refractivity contribution >= 4 is 17.8 Å². The fraction of sp³-hybridized carbons (Fsp3) is 0.737. The van der Waals surface area contributed by atoms with Gasteiger partial charge in [-0.25, -0.2) is 9.48 Å². The molecule has 2 aliphatic heterocycles. The first-order valence-electron chi connectivity index (χ1n) is 9.92. The minimum absolute atomic E-state index is 0.00685. The number of rotatable bonds is 3. The van der Waals surface area contributed by atoms with E-state index in [9.17, 15) is 9.59 Å². The molecule has 7 heteroatoms. The first-order valence-corrected chi connectivity index (χ1v) is 11.1. The van der Waals surface area contributed by atoms with Crippen LogP contribution in [0, 0.1) is 5.92 Å². The van der Waals surface area contributed by atoms with E-state index >= 15 is 0 Å². The van der Waals surface area contributed by atoms with Gasteiger partial charge in [0, 0.05) is 43.3 Å². The number of nitrogens with one attached hydrogen (secondary N) is 1. The molecular weight excluding hydrogens is 348 g/mol. The Labute approximate surface area is 158 Å². The molecule has 2 fully saturated rings. The Morgan fingerprint density at radius 1 is 1.23 bits per heavy atom. The highest BCUT2D eigenvalue weighted by molar-refractivity contribution is 7.98. The standard InChI is InChI=1S/C19H28N4O2S/c24-18-9-15-13-26-8-7-17(15)21-23(18)12-14-10-22(11-14)19(25)20-16-5-3-1-2-4-6-16/h9,14,16H,1-8,10-13H2,(H,20,25). The third-order valence-electron chi connectivity index (χ3n) is 5.76. The molecule has 1 saturated carbocycles. The van der Waals surface area contributed by atoms with Gasteiger partial charge < -0.3 is 10.2 Å². The first kappa shape index (κ1) is 17.9. The van der Waals surface area contributed by atoms with Gasteiger partial charge in [0.1, 0.15) is 0 Å². The summed E-state index contributed by atoms with van der Waals surface area (Å²) in [6.07, 6.45) is 8.18. The second-order valence-electron chi connectivity index (χ2n) is 7.85. The lowest BCUT2D eigenvalue weighted by Crippen LogP contribution is -2.56. The molecule has 3 aliphatic rings. The second kappa shape index (κ2) is 8.03. The van der Waals surface area contributed by atoms with Crippen molar-refractivity contribution < 1.29 is 4.79 Å². The molecule has 1 N–H and O–H groups in total. The fourth-order valence-corrected chi connectivity index (χ4v) is 5.12. The van der Waals surface area contributed by atoms with E-state index in [4.69, 9.17) is 0 Å². The van der Waals surface area contributed by atoms with E-state index in [2.05, 4.69) is 10.4 Å². The normalized spacial score (nSPS) is 21.6. The number of fused-ring (bicyclic) bond motifs is 1. The number of aryl methyl sites for hydroxylation is 1. The maximum Gasteiger partial charge on any atom is 0.317 e. The van der Waals surface area contributed by atoms with Crippen molar-refractivity contribution in [3.05, 3.63) is 27.7 Å². The van der Waals surface area contributed by atoms with Gasteiger partial charge in [-0.2, -0.15) is 16.9 Å². The van der Waals surface area contributed by atoms with E-state index in [-0.39, 0.29) is 11.6 Å². The summed E-state index contributed by atoms with van der Waals surface area (Å²) in [4.78, 5) is 26.5. The number of hydrogen-bond donors (Lipinski definition) is 1. The lowest BCUT2D eigenvalue weighted by molar-refractivity contribution is 0.104. The largest absolute Gasteiger partial charge is 0.335 e. The molecule has 1 aromatic heterocycles. The van der Waals surface area contributed by atoms with Gasteiger partial charge in [0.2, 0.25) is 0 Å². The first-order chi connectivity index (χ1) is 12.7. The molecule has 1 aromatic rings. The summed E-state index contributed by atoms with van der Waals surface area (Å²) in [5.41, 5.74) is 2.17. The molecule has 6 nitrogen and oxygen atoms in total. The summed E-state index contributed by atoms with van der Waals surface area (Å²) < 4.78 is 1.61. The summed E-state index contributed by atoms with van der Waals surface area (Å²) in [7, 11) is 0. The maximum absolute atomic E-state index is 12.4. The maximum atomic E-state index is 12.4. The summed E-state index contributed by atoms with van der Waals surface area (Å²) in [6.45, 7) is 2.06. The van der Waals surface area contributed by atoms with Crippen LogP contribution in [0.15, 0.2) is 10.9 Å². The van der Waals surface area contributed by atoms with E-state index in [0.717, 1.165) is 55.1 Å². The number of hydrogen-bond acceptors (Lipinski definition) is 4. The molecule has 0 aromatic carbocycles. The number of aromatic nitrogens is 2. The van der Waals surface area contributed by atoms with E-state index in [1.54, 1.807) is 10.7 Å². The predicted octanol–water partition coefficient (Wildman–Crippen LogP) is 2.40.